The number of benzene rings is 2. The number of nitrogens with one attached hydrogen (secondary N) is 2. The molecule has 7 heteroatoms. The van der Waals surface area contributed by atoms with Gasteiger partial charge in [-0.1, -0.05) is 55.0 Å². The quantitative estimate of drug-likeness (QED) is 0.503. The topological polar surface area (TPSA) is 105 Å². The number of terminal acetylenes is 1. The van der Waals surface area contributed by atoms with E-state index in [0.717, 1.165) is 35.1 Å². The molecule has 3 N–H and O–H groups in total. The molecule has 35 heavy (non-hydrogen) atoms. The van der Waals surface area contributed by atoms with Crippen molar-refractivity contribution >= 4 is 18.0 Å². The summed E-state index contributed by atoms with van der Waals surface area (Å²) in [5, 5.41) is 14.7. The van der Waals surface area contributed by atoms with E-state index in [2.05, 4.69) is 28.7 Å². The van der Waals surface area contributed by atoms with Crippen LogP contribution in [0.5, 0.6) is 0 Å². The summed E-state index contributed by atoms with van der Waals surface area (Å²) >= 11 is 0. The molecule has 0 heterocycles. The third-order valence-corrected chi connectivity index (χ3v) is 6.97. The standard InChI is InChI=1S/C28H30N2O5/c1-2-8-25(26(31)29-16-18-9-7-10-19(15-18)27(32)33)30-28(34)35-17-24-22-13-5-3-11-20(22)21-12-4-6-14-23(21)24/h1,3-6,11-14,18-19,24-25H,7-10,15-17H2,(H,29,31)(H,30,34)(H,32,33). The van der Waals surface area contributed by atoms with Gasteiger partial charge in [-0.15, -0.1) is 12.3 Å². The largest absolute Gasteiger partial charge is 0.481 e. The van der Waals surface area contributed by atoms with Gasteiger partial charge in [0.1, 0.15) is 12.6 Å². The SMILES string of the molecule is C#CCC(NC(=O)OCC1c2ccccc2-c2ccccc21)C(=O)NCC1CCCC(C(=O)O)C1. The van der Waals surface area contributed by atoms with Gasteiger partial charge in [-0.2, -0.15) is 0 Å². The zero-order chi connectivity index (χ0) is 24.8. The number of carbonyl (C=O) groups excluding carboxylic acids is 2. The number of hydrogen-bond acceptors (Lipinski definition) is 4. The highest BCUT2D eigenvalue weighted by Gasteiger charge is 2.30. The Morgan fingerprint density at radius 3 is 2.34 bits per heavy atom. The Kier molecular flexibility index (Phi) is 7.71. The van der Waals surface area contributed by atoms with Crippen molar-refractivity contribution in [3.8, 4) is 23.5 Å². The first kappa shape index (κ1) is 24.3. The molecule has 0 radical (unpaired) electrons. The van der Waals surface area contributed by atoms with Crippen LogP contribution in [0.15, 0.2) is 48.5 Å². The van der Waals surface area contributed by atoms with Crippen molar-refractivity contribution < 1.29 is 24.2 Å². The van der Waals surface area contributed by atoms with Crippen molar-refractivity contribution in [3.05, 3.63) is 59.7 Å². The normalized spacial score (nSPS) is 19.5. The molecule has 182 valence electrons. The van der Waals surface area contributed by atoms with Gasteiger partial charge in [0, 0.05) is 18.9 Å². The minimum Gasteiger partial charge on any atom is -0.481 e. The molecule has 2 aliphatic carbocycles. The number of fused-ring (bicyclic) bond motifs is 3. The third-order valence-electron chi connectivity index (χ3n) is 6.97. The van der Waals surface area contributed by atoms with Crippen molar-refractivity contribution in [2.45, 2.75) is 44.1 Å². The molecule has 3 unspecified atom stereocenters. The summed E-state index contributed by atoms with van der Waals surface area (Å²) in [5.41, 5.74) is 4.47. The van der Waals surface area contributed by atoms with Crippen molar-refractivity contribution in [2.24, 2.45) is 11.8 Å². The van der Waals surface area contributed by atoms with Gasteiger partial charge in [0.05, 0.1) is 5.92 Å². The minimum atomic E-state index is -0.922. The maximum absolute atomic E-state index is 12.7. The number of rotatable bonds is 8. The molecular weight excluding hydrogens is 444 g/mol. The van der Waals surface area contributed by atoms with Crippen molar-refractivity contribution in [1.82, 2.24) is 10.6 Å². The maximum atomic E-state index is 12.7. The first-order valence-corrected chi connectivity index (χ1v) is 12.0. The summed E-state index contributed by atoms with van der Waals surface area (Å²) in [7, 11) is 0. The second-order valence-electron chi connectivity index (χ2n) is 9.24. The summed E-state index contributed by atoms with van der Waals surface area (Å²) in [6.45, 7) is 0.499. The first-order chi connectivity index (χ1) is 17.0. The summed E-state index contributed by atoms with van der Waals surface area (Å²) in [4.78, 5) is 36.6. The van der Waals surface area contributed by atoms with Crippen molar-refractivity contribution in [3.63, 3.8) is 0 Å². The van der Waals surface area contributed by atoms with Gasteiger partial charge in [-0.25, -0.2) is 4.79 Å². The molecule has 0 aliphatic heterocycles. The van der Waals surface area contributed by atoms with Crippen LogP contribution in [0.1, 0.15) is 49.1 Å². The molecule has 0 aromatic heterocycles. The smallest absolute Gasteiger partial charge is 0.407 e. The van der Waals surface area contributed by atoms with Crippen LogP contribution in [0.25, 0.3) is 11.1 Å². The van der Waals surface area contributed by atoms with Gasteiger partial charge >= 0.3 is 12.1 Å². The molecule has 2 aliphatic rings. The van der Waals surface area contributed by atoms with Gasteiger partial charge in [0.15, 0.2) is 0 Å². The van der Waals surface area contributed by atoms with Crippen LogP contribution in [0.3, 0.4) is 0 Å². The van der Waals surface area contributed by atoms with E-state index < -0.39 is 24.0 Å². The Morgan fingerprint density at radius 2 is 1.71 bits per heavy atom. The number of ether oxygens (including phenoxy) is 1. The number of alkyl carbamates (subject to hydrolysis) is 1. The monoisotopic (exact) mass is 474 g/mol. The lowest BCUT2D eigenvalue weighted by Gasteiger charge is -2.27. The van der Waals surface area contributed by atoms with Gasteiger partial charge in [0.25, 0.3) is 0 Å². The van der Waals surface area contributed by atoms with E-state index in [-0.39, 0.29) is 30.8 Å². The number of aliphatic carboxylic acids is 1. The Bertz CT molecular complexity index is 1090. The molecule has 7 nitrogen and oxygen atoms in total. The molecule has 4 rings (SSSR count). The highest BCUT2D eigenvalue weighted by atomic mass is 16.5. The van der Waals surface area contributed by atoms with Crippen molar-refractivity contribution in [2.75, 3.05) is 13.2 Å². The Hall–Kier alpha value is -3.79. The van der Waals surface area contributed by atoms with E-state index >= 15 is 0 Å². The number of hydrogen-bond donors (Lipinski definition) is 3. The van der Waals surface area contributed by atoms with Crippen molar-refractivity contribution in [1.29, 1.82) is 0 Å². The predicted octanol–water partition coefficient (Wildman–Crippen LogP) is 3.92. The highest BCUT2D eigenvalue weighted by Crippen LogP contribution is 2.44. The van der Waals surface area contributed by atoms with Crippen LogP contribution in [-0.4, -0.2) is 42.3 Å². The summed E-state index contributed by atoms with van der Waals surface area (Å²) < 4.78 is 5.54. The van der Waals surface area contributed by atoms with E-state index in [1.54, 1.807) is 0 Å². The Labute approximate surface area is 205 Å². The number of carboxylic acids is 1. The second kappa shape index (κ2) is 11.1. The first-order valence-electron chi connectivity index (χ1n) is 12.0. The van der Waals surface area contributed by atoms with Crippen LogP contribution in [0.4, 0.5) is 4.79 Å². The molecule has 0 bridgehead atoms. The molecule has 3 atom stereocenters. The lowest BCUT2D eigenvalue weighted by atomic mass is 9.81. The molecular formula is C28H30N2O5. The minimum absolute atomic E-state index is 0.0262. The Morgan fingerprint density at radius 1 is 1.06 bits per heavy atom. The van der Waals surface area contributed by atoms with Crippen LogP contribution >= 0.6 is 0 Å². The maximum Gasteiger partial charge on any atom is 0.407 e. The molecule has 0 spiro atoms. The average Bonchev–Trinajstić information content (AvgIpc) is 3.19. The van der Waals surface area contributed by atoms with E-state index in [1.165, 1.54) is 0 Å². The van der Waals surface area contributed by atoms with E-state index in [1.807, 2.05) is 36.4 Å². The molecule has 2 aromatic carbocycles. The second-order valence-corrected chi connectivity index (χ2v) is 9.24. The summed E-state index contributed by atoms with van der Waals surface area (Å²) in [5.74, 6) is 0.886. The fourth-order valence-electron chi connectivity index (χ4n) is 5.18. The van der Waals surface area contributed by atoms with Crippen LogP contribution < -0.4 is 10.6 Å². The lowest BCUT2D eigenvalue weighted by Crippen LogP contribution is -2.48. The van der Waals surface area contributed by atoms with E-state index in [0.29, 0.717) is 19.4 Å². The molecule has 2 aromatic rings. The average molecular weight is 475 g/mol. The van der Waals surface area contributed by atoms with E-state index in [9.17, 15) is 19.5 Å². The number of carbonyl (C=O) groups is 3. The Balaban J connectivity index is 1.32. The summed E-state index contributed by atoms with van der Waals surface area (Å²) in [6.07, 6.45) is 7.64. The molecule has 1 saturated carbocycles. The number of carboxylic acid groups (broad SMARTS) is 1. The van der Waals surface area contributed by atoms with Gasteiger partial charge in [0.2, 0.25) is 5.91 Å². The highest BCUT2D eigenvalue weighted by molar-refractivity contribution is 5.86. The molecule has 0 saturated heterocycles. The summed E-state index contributed by atoms with van der Waals surface area (Å²) in [6, 6.07) is 15.2. The molecule has 1 fully saturated rings. The van der Waals surface area contributed by atoms with Gasteiger partial charge in [-0.3, -0.25) is 9.59 Å². The third kappa shape index (κ3) is 5.65. The molecule has 2 amide bonds. The zero-order valence-electron chi connectivity index (χ0n) is 19.5. The lowest BCUT2D eigenvalue weighted by molar-refractivity contribution is -0.143. The van der Waals surface area contributed by atoms with Gasteiger partial charge in [-0.05, 0) is 47.4 Å². The van der Waals surface area contributed by atoms with Crippen LogP contribution in [0, 0.1) is 24.2 Å². The fourth-order valence-corrected chi connectivity index (χ4v) is 5.18. The zero-order valence-corrected chi connectivity index (χ0v) is 19.5. The predicted molar refractivity (Wildman–Crippen MR) is 132 cm³/mol. The van der Waals surface area contributed by atoms with Crippen LogP contribution in [0.2, 0.25) is 0 Å². The van der Waals surface area contributed by atoms with E-state index in [4.69, 9.17) is 11.2 Å². The fraction of sp³-hybridized carbons (Fsp3) is 0.393. The van der Waals surface area contributed by atoms with Gasteiger partial charge < -0.3 is 20.5 Å². The van der Waals surface area contributed by atoms with Crippen LogP contribution in [-0.2, 0) is 14.3 Å². The number of amides is 2.